The molecule has 3 fully saturated rings. The van der Waals surface area contributed by atoms with Crippen LogP contribution in [0.3, 0.4) is 0 Å². The number of rotatable bonds is 2. The van der Waals surface area contributed by atoms with Crippen LogP contribution in [0.1, 0.15) is 24.8 Å². The maximum Gasteiger partial charge on any atom is 0.228 e. The van der Waals surface area contributed by atoms with E-state index < -0.39 is 0 Å². The van der Waals surface area contributed by atoms with Crippen molar-refractivity contribution in [3.63, 3.8) is 0 Å². The first-order valence-corrected chi connectivity index (χ1v) is 7.60. The zero-order chi connectivity index (χ0) is 13.1. The van der Waals surface area contributed by atoms with Gasteiger partial charge in [-0.25, -0.2) is 0 Å². The molecular formula is C16H18ClNO. The van der Waals surface area contributed by atoms with Crippen LogP contribution in [0.25, 0.3) is 0 Å². The predicted molar refractivity (Wildman–Crippen MR) is 76.1 cm³/mol. The average molecular weight is 276 g/mol. The maximum absolute atomic E-state index is 12.3. The second kappa shape index (κ2) is 3.99. The van der Waals surface area contributed by atoms with Crippen LogP contribution >= 0.6 is 11.6 Å². The maximum atomic E-state index is 12.3. The summed E-state index contributed by atoms with van der Waals surface area (Å²) < 4.78 is 0. The quantitative estimate of drug-likeness (QED) is 0.872. The molecule has 0 aromatic heterocycles. The fraction of sp³-hybridized carbons (Fsp3) is 0.562. The number of carbonyl (C=O) groups is 1. The second-order valence-electron chi connectivity index (χ2n) is 6.47. The van der Waals surface area contributed by atoms with Gasteiger partial charge in [0.25, 0.3) is 0 Å². The van der Waals surface area contributed by atoms with E-state index in [0.29, 0.717) is 16.9 Å². The third kappa shape index (κ3) is 1.73. The molecule has 2 nitrogen and oxygen atoms in total. The Morgan fingerprint density at radius 1 is 1.26 bits per heavy atom. The van der Waals surface area contributed by atoms with Gasteiger partial charge >= 0.3 is 0 Å². The molecule has 1 aromatic carbocycles. The van der Waals surface area contributed by atoms with E-state index in [2.05, 4.69) is 5.32 Å². The Bertz CT molecular complexity index is 540. The lowest BCUT2D eigenvalue weighted by atomic mass is 10.0. The number of anilines is 1. The monoisotopic (exact) mass is 275 g/mol. The molecule has 3 aliphatic rings. The van der Waals surface area contributed by atoms with Crippen molar-refractivity contribution in [1.29, 1.82) is 0 Å². The Hall–Kier alpha value is -1.02. The van der Waals surface area contributed by atoms with Crippen molar-refractivity contribution >= 4 is 23.2 Å². The number of carbonyl (C=O) groups excluding carboxylic acids is 1. The molecule has 4 rings (SSSR count). The number of hydrogen-bond acceptors (Lipinski definition) is 1. The second-order valence-corrected chi connectivity index (χ2v) is 6.87. The van der Waals surface area contributed by atoms with Crippen molar-refractivity contribution < 1.29 is 4.79 Å². The molecular weight excluding hydrogens is 258 g/mol. The zero-order valence-electron chi connectivity index (χ0n) is 11.0. The Morgan fingerprint density at radius 2 is 1.95 bits per heavy atom. The molecule has 0 aliphatic heterocycles. The number of benzene rings is 1. The van der Waals surface area contributed by atoms with E-state index in [-0.39, 0.29) is 11.8 Å². The predicted octanol–water partition coefficient (Wildman–Crippen LogP) is 3.88. The van der Waals surface area contributed by atoms with Crippen molar-refractivity contribution in [2.75, 3.05) is 5.32 Å². The van der Waals surface area contributed by atoms with Gasteiger partial charge in [-0.3, -0.25) is 4.79 Å². The molecule has 19 heavy (non-hydrogen) atoms. The molecule has 0 radical (unpaired) electrons. The largest absolute Gasteiger partial charge is 0.326 e. The lowest BCUT2D eigenvalue weighted by Gasteiger charge is -2.10. The highest BCUT2D eigenvalue weighted by molar-refractivity contribution is 6.31. The highest BCUT2D eigenvalue weighted by atomic mass is 35.5. The third-order valence-electron chi connectivity index (χ3n) is 5.48. The lowest BCUT2D eigenvalue weighted by molar-refractivity contribution is -0.118. The molecule has 1 N–H and O–H groups in total. The van der Waals surface area contributed by atoms with E-state index in [0.717, 1.165) is 23.1 Å². The molecule has 0 unspecified atom stereocenters. The Balaban J connectivity index is 1.47. The highest BCUT2D eigenvalue weighted by Gasteiger charge is 2.67. The van der Waals surface area contributed by atoms with Crippen LogP contribution in [0.15, 0.2) is 18.2 Å². The van der Waals surface area contributed by atoms with Gasteiger partial charge in [0, 0.05) is 16.6 Å². The average Bonchev–Trinajstić information content (AvgIpc) is 2.83. The third-order valence-corrected chi connectivity index (χ3v) is 5.88. The van der Waals surface area contributed by atoms with Crippen molar-refractivity contribution in [2.45, 2.75) is 26.2 Å². The molecule has 1 amide bonds. The van der Waals surface area contributed by atoms with Crippen LogP contribution < -0.4 is 5.32 Å². The van der Waals surface area contributed by atoms with Gasteiger partial charge in [-0.05, 0) is 67.6 Å². The van der Waals surface area contributed by atoms with Crippen LogP contribution in [0.2, 0.25) is 5.02 Å². The number of halogens is 1. The van der Waals surface area contributed by atoms with E-state index in [4.69, 9.17) is 11.6 Å². The molecule has 3 saturated carbocycles. The fourth-order valence-electron chi connectivity index (χ4n) is 4.57. The standard InChI is InChI=1S/C16H18ClNO/c1-8-2-5-11(7-12(8)17)18-16(19)15-13-9-3-4-10(6-9)14(13)15/h2,5,7,9-10,13-15H,3-4,6H2,1H3,(H,18,19)/t9-,10-,13+,14+/m1/s1. The smallest absolute Gasteiger partial charge is 0.228 e. The van der Waals surface area contributed by atoms with Gasteiger partial charge in [0.15, 0.2) is 0 Å². The van der Waals surface area contributed by atoms with E-state index in [9.17, 15) is 4.79 Å². The van der Waals surface area contributed by atoms with Gasteiger partial charge in [-0.2, -0.15) is 0 Å². The number of hydrogen-bond donors (Lipinski definition) is 1. The van der Waals surface area contributed by atoms with Crippen molar-refractivity contribution in [3.8, 4) is 0 Å². The highest BCUT2D eigenvalue weighted by Crippen LogP contribution is 2.69. The topological polar surface area (TPSA) is 29.1 Å². The van der Waals surface area contributed by atoms with Crippen LogP contribution in [0.5, 0.6) is 0 Å². The molecule has 0 heterocycles. The van der Waals surface area contributed by atoms with Crippen molar-refractivity contribution in [1.82, 2.24) is 0 Å². The van der Waals surface area contributed by atoms with E-state index >= 15 is 0 Å². The summed E-state index contributed by atoms with van der Waals surface area (Å²) in [6.07, 6.45) is 4.09. The van der Waals surface area contributed by atoms with Gasteiger partial charge in [0.05, 0.1) is 0 Å². The SMILES string of the molecule is Cc1ccc(NC(=O)C2[C@H]3[C@@H]4CC[C@H](C4)[C@H]23)cc1Cl. The summed E-state index contributed by atoms with van der Waals surface area (Å²) in [5.41, 5.74) is 1.87. The normalized spacial score (nSPS) is 38.1. The van der Waals surface area contributed by atoms with Crippen LogP contribution in [-0.2, 0) is 4.79 Å². The van der Waals surface area contributed by atoms with Gasteiger partial charge in [0.2, 0.25) is 5.91 Å². The van der Waals surface area contributed by atoms with Crippen molar-refractivity contribution in [2.24, 2.45) is 29.6 Å². The van der Waals surface area contributed by atoms with E-state index in [1.54, 1.807) is 0 Å². The lowest BCUT2D eigenvalue weighted by Crippen LogP contribution is -2.18. The first kappa shape index (κ1) is 11.8. The molecule has 0 spiro atoms. The van der Waals surface area contributed by atoms with Crippen molar-refractivity contribution in [3.05, 3.63) is 28.8 Å². The number of nitrogens with one attached hydrogen (secondary N) is 1. The van der Waals surface area contributed by atoms with Gasteiger partial charge < -0.3 is 5.32 Å². The molecule has 3 aliphatic carbocycles. The molecule has 100 valence electrons. The van der Waals surface area contributed by atoms with Gasteiger partial charge in [-0.15, -0.1) is 0 Å². The number of aryl methyl sites for hydroxylation is 1. The molecule has 2 bridgehead atoms. The molecule has 1 aromatic rings. The minimum atomic E-state index is 0.214. The number of fused-ring (bicyclic) bond motifs is 5. The summed E-state index contributed by atoms with van der Waals surface area (Å²) in [7, 11) is 0. The van der Waals surface area contributed by atoms with Crippen LogP contribution in [0.4, 0.5) is 5.69 Å². The summed E-state index contributed by atoms with van der Waals surface area (Å²) >= 11 is 6.09. The Labute approximate surface area is 118 Å². The fourth-order valence-corrected chi connectivity index (χ4v) is 4.75. The summed E-state index contributed by atoms with van der Waals surface area (Å²) in [5, 5.41) is 3.76. The Kier molecular flexibility index (Phi) is 2.47. The molecule has 3 heteroatoms. The minimum Gasteiger partial charge on any atom is -0.326 e. The van der Waals surface area contributed by atoms with Crippen LogP contribution in [0, 0.1) is 36.5 Å². The van der Waals surface area contributed by atoms with Gasteiger partial charge in [0.1, 0.15) is 0 Å². The first-order chi connectivity index (χ1) is 9.15. The summed E-state index contributed by atoms with van der Waals surface area (Å²) in [6, 6.07) is 5.74. The summed E-state index contributed by atoms with van der Waals surface area (Å²) in [4.78, 5) is 12.3. The first-order valence-electron chi connectivity index (χ1n) is 7.22. The molecule has 4 atom stereocenters. The zero-order valence-corrected chi connectivity index (χ0v) is 11.8. The summed E-state index contributed by atoms with van der Waals surface area (Å²) in [5.74, 6) is 3.57. The van der Waals surface area contributed by atoms with Crippen LogP contribution in [-0.4, -0.2) is 5.91 Å². The van der Waals surface area contributed by atoms with E-state index in [1.165, 1.54) is 19.3 Å². The van der Waals surface area contributed by atoms with Gasteiger partial charge in [-0.1, -0.05) is 17.7 Å². The molecule has 0 saturated heterocycles. The minimum absolute atomic E-state index is 0.214. The number of amides is 1. The Morgan fingerprint density at radius 3 is 2.58 bits per heavy atom. The summed E-state index contributed by atoms with van der Waals surface area (Å²) in [6.45, 7) is 1.97. The van der Waals surface area contributed by atoms with E-state index in [1.807, 2.05) is 25.1 Å².